The summed E-state index contributed by atoms with van der Waals surface area (Å²) >= 11 is 0. The van der Waals surface area contributed by atoms with Crippen LogP contribution in [-0.4, -0.2) is 50.3 Å². The Labute approximate surface area is 241 Å². The molecule has 212 valence electrons. The first-order valence-electron chi connectivity index (χ1n) is 14.1. The molecule has 0 bridgehead atoms. The molecular formula is C34H37N3O4. The Bertz CT molecular complexity index is 1370. The Morgan fingerprint density at radius 1 is 0.829 bits per heavy atom. The lowest BCUT2D eigenvalue weighted by atomic mass is 9.74. The SMILES string of the molecule is CC(C)(C)OC(=O)N1CCC(Cc2cn(C(c3ccccc3)(c3ccccc3)c3ccccc3)cn2)(C(=O)O)CC1. The molecule has 0 spiro atoms. The Morgan fingerprint density at radius 3 is 1.71 bits per heavy atom. The highest BCUT2D eigenvalue weighted by molar-refractivity contribution is 5.76. The van der Waals surface area contributed by atoms with Gasteiger partial charge in [0.1, 0.15) is 11.1 Å². The van der Waals surface area contributed by atoms with Crippen LogP contribution in [0.5, 0.6) is 0 Å². The summed E-state index contributed by atoms with van der Waals surface area (Å²) in [6.07, 6.45) is 4.32. The third kappa shape index (κ3) is 5.62. The predicted molar refractivity (Wildman–Crippen MR) is 158 cm³/mol. The quantitative estimate of drug-likeness (QED) is 0.270. The lowest BCUT2D eigenvalue weighted by Crippen LogP contribution is -2.48. The van der Waals surface area contributed by atoms with E-state index in [0.717, 1.165) is 16.7 Å². The van der Waals surface area contributed by atoms with E-state index in [1.165, 1.54) is 0 Å². The number of benzene rings is 3. The topological polar surface area (TPSA) is 84.7 Å². The summed E-state index contributed by atoms with van der Waals surface area (Å²) in [7, 11) is 0. The van der Waals surface area contributed by atoms with Crippen LogP contribution < -0.4 is 0 Å². The molecule has 0 saturated carbocycles. The molecule has 7 nitrogen and oxygen atoms in total. The normalized spacial score (nSPS) is 15.3. The molecule has 1 fully saturated rings. The van der Waals surface area contributed by atoms with Gasteiger partial charge in [-0.25, -0.2) is 9.78 Å². The number of aliphatic carboxylic acids is 1. The van der Waals surface area contributed by atoms with E-state index < -0.39 is 28.6 Å². The first-order valence-corrected chi connectivity index (χ1v) is 14.1. The van der Waals surface area contributed by atoms with E-state index in [1.54, 1.807) is 4.90 Å². The molecular weight excluding hydrogens is 514 g/mol. The molecule has 5 rings (SSSR count). The molecule has 3 aromatic carbocycles. The Balaban J connectivity index is 1.51. The number of carbonyl (C=O) groups excluding carboxylic acids is 1. The summed E-state index contributed by atoms with van der Waals surface area (Å²) in [6.45, 7) is 6.13. The summed E-state index contributed by atoms with van der Waals surface area (Å²) < 4.78 is 7.62. The number of likely N-dealkylation sites (tertiary alicyclic amines) is 1. The predicted octanol–water partition coefficient (Wildman–Crippen LogP) is 6.37. The number of piperidine rings is 1. The zero-order chi connectivity index (χ0) is 29.1. The Morgan fingerprint density at radius 2 is 1.29 bits per heavy atom. The highest BCUT2D eigenvalue weighted by Gasteiger charge is 2.44. The van der Waals surface area contributed by atoms with Crippen molar-refractivity contribution in [3.63, 3.8) is 0 Å². The number of carboxylic acid groups (broad SMARTS) is 1. The molecule has 1 amide bonds. The second kappa shape index (κ2) is 11.2. The molecule has 4 aromatic rings. The molecule has 1 aromatic heterocycles. The van der Waals surface area contributed by atoms with Crippen LogP contribution in [0.1, 0.15) is 56.0 Å². The zero-order valence-electron chi connectivity index (χ0n) is 23.9. The number of carbonyl (C=O) groups is 2. The third-order valence-electron chi connectivity index (χ3n) is 7.94. The van der Waals surface area contributed by atoms with Crippen LogP contribution in [0, 0.1) is 5.41 Å². The van der Waals surface area contributed by atoms with Gasteiger partial charge in [0, 0.05) is 25.7 Å². The summed E-state index contributed by atoms with van der Waals surface area (Å²) in [4.78, 5) is 31.7. The summed E-state index contributed by atoms with van der Waals surface area (Å²) in [5, 5.41) is 10.4. The van der Waals surface area contributed by atoms with E-state index in [1.807, 2.05) is 87.9 Å². The van der Waals surface area contributed by atoms with Gasteiger partial charge >= 0.3 is 12.1 Å². The second-order valence-electron chi connectivity index (χ2n) is 11.8. The van der Waals surface area contributed by atoms with Crippen molar-refractivity contribution in [2.75, 3.05) is 13.1 Å². The lowest BCUT2D eigenvalue weighted by molar-refractivity contribution is -0.152. The number of hydrogen-bond donors (Lipinski definition) is 1. The lowest BCUT2D eigenvalue weighted by Gasteiger charge is -2.39. The van der Waals surface area contributed by atoms with Crippen molar-refractivity contribution in [1.82, 2.24) is 14.5 Å². The van der Waals surface area contributed by atoms with Crippen LogP contribution in [0.15, 0.2) is 104 Å². The van der Waals surface area contributed by atoms with Gasteiger partial charge in [-0.15, -0.1) is 0 Å². The van der Waals surface area contributed by atoms with Crippen molar-refractivity contribution in [1.29, 1.82) is 0 Å². The van der Waals surface area contributed by atoms with E-state index in [0.29, 0.717) is 31.6 Å². The largest absolute Gasteiger partial charge is 0.481 e. The minimum atomic E-state index is -1.02. The van der Waals surface area contributed by atoms with Crippen LogP contribution in [0.3, 0.4) is 0 Å². The minimum Gasteiger partial charge on any atom is -0.481 e. The molecule has 41 heavy (non-hydrogen) atoms. The summed E-state index contributed by atoms with van der Waals surface area (Å²) in [5.41, 5.74) is 1.57. The van der Waals surface area contributed by atoms with Crippen molar-refractivity contribution in [3.8, 4) is 0 Å². The monoisotopic (exact) mass is 551 g/mol. The summed E-state index contributed by atoms with van der Waals surface area (Å²) in [5.74, 6) is -0.865. The molecule has 1 saturated heterocycles. The highest BCUT2D eigenvalue weighted by atomic mass is 16.6. The number of nitrogens with zero attached hydrogens (tertiary/aromatic N) is 3. The van der Waals surface area contributed by atoms with Gasteiger partial charge in [-0.05, 0) is 50.3 Å². The average Bonchev–Trinajstić information content (AvgIpc) is 3.43. The van der Waals surface area contributed by atoms with Crippen LogP contribution in [0.4, 0.5) is 4.79 Å². The highest BCUT2D eigenvalue weighted by Crippen LogP contribution is 2.42. The van der Waals surface area contributed by atoms with E-state index in [2.05, 4.69) is 41.0 Å². The fraction of sp³-hybridized carbons (Fsp3) is 0.324. The maximum atomic E-state index is 12.7. The van der Waals surface area contributed by atoms with Gasteiger partial charge in [0.25, 0.3) is 0 Å². The van der Waals surface area contributed by atoms with Crippen LogP contribution in [0.2, 0.25) is 0 Å². The number of hydrogen-bond acceptors (Lipinski definition) is 4. The molecule has 1 N–H and O–H groups in total. The van der Waals surface area contributed by atoms with Crippen molar-refractivity contribution in [2.45, 2.75) is 51.2 Å². The fourth-order valence-corrected chi connectivity index (χ4v) is 5.88. The first-order chi connectivity index (χ1) is 19.6. The molecule has 0 unspecified atom stereocenters. The molecule has 1 aliphatic heterocycles. The Kier molecular flexibility index (Phi) is 7.72. The average molecular weight is 552 g/mol. The van der Waals surface area contributed by atoms with Gasteiger partial charge in [-0.2, -0.15) is 0 Å². The molecule has 7 heteroatoms. The van der Waals surface area contributed by atoms with Crippen molar-refractivity contribution in [3.05, 3.63) is 126 Å². The fourth-order valence-electron chi connectivity index (χ4n) is 5.88. The number of imidazole rings is 1. The van der Waals surface area contributed by atoms with Gasteiger partial charge in [0.15, 0.2) is 0 Å². The van der Waals surface area contributed by atoms with E-state index in [-0.39, 0.29) is 6.42 Å². The number of carboxylic acids is 1. The number of aromatic nitrogens is 2. The minimum absolute atomic E-state index is 0.270. The molecule has 1 aliphatic rings. The first kappa shape index (κ1) is 28.1. The smallest absolute Gasteiger partial charge is 0.410 e. The van der Waals surface area contributed by atoms with Gasteiger partial charge in [0.2, 0.25) is 0 Å². The van der Waals surface area contributed by atoms with Gasteiger partial charge in [-0.3, -0.25) is 4.79 Å². The van der Waals surface area contributed by atoms with Crippen molar-refractivity contribution < 1.29 is 19.4 Å². The maximum Gasteiger partial charge on any atom is 0.410 e. The van der Waals surface area contributed by atoms with Crippen LogP contribution in [-0.2, 0) is 21.5 Å². The zero-order valence-corrected chi connectivity index (χ0v) is 23.9. The van der Waals surface area contributed by atoms with E-state index in [9.17, 15) is 14.7 Å². The molecule has 0 atom stereocenters. The van der Waals surface area contributed by atoms with Crippen LogP contribution in [0.25, 0.3) is 0 Å². The van der Waals surface area contributed by atoms with Gasteiger partial charge in [-0.1, -0.05) is 91.0 Å². The van der Waals surface area contributed by atoms with Crippen molar-refractivity contribution in [2.24, 2.45) is 5.41 Å². The molecule has 0 aliphatic carbocycles. The second-order valence-corrected chi connectivity index (χ2v) is 11.8. The third-order valence-corrected chi connectivity index (χ3v) is 7.94. The molecule has 2 heterocycles. The van der Waals surface area contributed by atoms with E-state index in [4.69, 9.17) is 9.72 Å². The molecule has 0 radical (unpaired) electrons. The summed E-state index contributed by atoms with van der Waals surface area (Å²) in [6, 6.07) is 30.9. The number of amides is 1. The maximum absolute atomic E-state index is 12.7. The van der Waals surface area contributed by atoms with E-state index >= 15 is 0 Å². The Hall–Kier alpha value is -4.39. The van der Waals surface area contributed by atoms with Crippen molar-refractivity contribution >= 4 is 12.1 Å². The number of ether oxygens (including phenoxy) is 1. The number of rotatable bonds is 7. The van der Waals surface area contributed by atoms with Crippen LogP contribution >= 0.6 is 0 Å². The van der Waals surface area contributed by atoms with Gasteiger partial charge < -0.3 is 19.3 Å². The standard InChI is InChI=1S/C34H37N3O4/c1-32(2,3)41-31(40)36-21-19-33(20-22-36,30(38)39)23-29-24-37(25-35-29)34(26-13-7-4-8-14-26,27-15-9-5-10-16-27)28-17-11-6-12-18-28/h4-18,24-25H,19-23H2,1-3H3,(H,38,39). The van der Waals surface area contributed by atoms with Gasteiger partial charge in [0.05, 0.1) is 17.4 Å².